The van der Waals surface area contributed by atoms with E-state index in [4.69, 9.17) is 0 Å². The molecule has 2 unspecified atom stereocenters. The predicted octanol–water partition coefficient (Wildman–Crippen LogP) is 3.08. The van der Waals surface area contributed by atoms with Gasteiger partial charge in [-0.1, -0.05) is 42.8 Å². The van der Waals surface area contributed by atoms with Crippen LogP contribution in [-0.4, -0.2) is 67.8 Å². The summed E-state index contributed by atoms with van der Waals surface area (Å²) in [5.41, 5.74) is 0.578. The zero-order valence-corrected chi connectivity index (χ0v) is 17.0. The molecule has 0 aromatic heterocycles. The van der Waals surface area contributed by atoms with Crippen molar-refractivity contribution in [3.63, 3.8) is 0 Å². The molecule has 0 amide bonds. The van der Waals surface area contributed by atoms with Crippen molar-refractivity contribution in [1.82, 2.24) is 24.7 Å². The van der Waals surface area contributed by atoms with E-state index in [9.17, 15) is 0 Å². The molecule has 0 radical (unpaired) electrons. The highest BCUT2D eigenvalue weighted by Crippen LogP contribution is 2.34. The van der Waals surface area contributed by atoms with Crippen LogP contribution in [0.1, 0.15) is 32.1 Å². The lowest BCUT2D eigenvalue weighted by Crippen LogP contribution is -2.51. The van der Waals surface area contributed by atoms with Gasteiger partial charge in [-0.2, -0.15) is 10.2 Å². The predicted molar refractivity (Wildman–Crippen MR) is 111 cm³/mol. The zero-order valence-electron chi connectivity index (χ0n) is 14.5. The number of rotatable bonds is 5. The number of thioether (sulfide) groups is 2. The van der Waals surface area contributed by atoms with Crippen molar-refractivity contribution in [2.24, 2.45) is 10.2 Å². The monoisotopic (exact) mass is 413 g/mol. The van der Waals surface area contributed by atoms with Crippen LogP contribution < -0.4 is 0 Å². The van der Waals surface area contributed by atoms with Crippen LogP contribution in [0.2, 0.25) is 0 Å². The molecule has 0 aromatic carbocycles. The molecule has 0 N–H and O–H groups in total. The molecule has 2 atom stereocenters. The molecule has 5 rings (SSSR count). The van der Waals surface area contributed by atoms with Crippen molar-refractivity contribution in [2.45, 2.75) is 49.1 Å². The minimum absolute atomic E-state index is 0. The molecule has 0 aromatic rings. The molecule has 4 heterocycles. The fourth-order valence-electron chi connectivity index (χ4n) is 3.98. The van der Waals surface area contributed by atoms with Gasteiger partial charge in [0.05, 0.1) is 13.3 Å². The van der Waals surface area contributed by atoms with Crippen molar-refractivity contribution in [1.29, 1.82) is 0 Å². The van der Waals surface area contributed by atoms with Gasteiger partial charge in [0.25, 0.3) is 0 Å². The second-order valence-electron chi connectivity index (χ2n) is 6.91. The van der Waals surface area contributed by atoms with Crippen LogP contribution in [0, 0.1) is 0 Å². The molecular weight excluding hydrogens is 390 g/mol. The number of hydrogen-bond donors (Lipinski definition) is 0. The molecule has 1 saturated carbocycles. The summed E-state index contributed by atoms with van der Waals surface area (Å²) in [6, 6.07) is 0.650. The highest BCUT2D eigenvalue weighted by molar-refractivity contribution is 8.03. The van der Waals surface area contributed by atoms with E-state index in [2.05, 4.69) is 48.1 Å². The van der Waals surface area contributed by atoms with Gasteiger partial charge < -0.3 is 9.80 Å². The lowest BCUT2D eigenvalue weighted by molar-refractivity contribution is 0.0522. The second-order valence-corrected chi connectivity index (χ2v) is 8.84. The molecule has 7 nitrogen and oxygen atoms in total. The molecule has 142 valence electrons. The molecule has 0 bridgehead atoms. The zero-order chi connectivity index (χ0) is 16.6. The molecule has 4 aliphatic heterocycles. The van der Waals surface area contributed by atoms with Crippen LogP contribution in [0.25, 0.3) is 0 Å². The van der Waals surface area contributed by atoms with Crippen LogP contribution in [0.15, 0.2) is 33.4 Å². The Bertz CT molecular complexity index is 578. The first-order valence-electron chi connectivity index (χ1n) is 8.93. The Morgan fingerprint density at radius 1 is 0.846 bits per heavy atom. The van der Waals surface area contributed by atoms with Gasteiger partial charge in [0.15, 0.2) is 11.0 Å². The molecule has 10 heteroatoms. The maximum atomic E-state index is 4.50. The molecule has 1 fully saturated rings. The molecular formula is C16H24ClN7S2. The topological polar surface area (TPSA) is 40.9 Å². The van der Waals surface area contributed by atoms with Crippen molar-refractivity contribution in [3.05, 3.63) is 23.2 Å². The average molecular weight is 414 g/mol. The van der Waals surface area contributed by atoms with E-state index >= 15 is 0 Å². The first-order valence-corrected chi connectivity index (χ1v) is 10.8. The number of nitrogens with zero attached hydrogens (tertiary/aromatic N) is 7. The van der Waals surface area contributed by atoms with Crippen LogP contribution in [0.3, 0.4) is 0 Å². The van der Waals surface area contributed by atoms with Crippen LogP contribution in [0.4, 0.5) is 0 Å². The van der Waals surface area contributed by atoms with Crippen molar-refractivity contribution in [3.8, 4) is 0 Å². The quantitative estimate of drug-likeness (QED) is 0.685. The fraction of sp³-hybridized carbons (Fsp3) is 0.625. The second kappa shape index (κ2) is 7.92. The summed E-state index contributed by atoms with van der Waals surface area (Å²) < 4.78 is 0. The minimum atomic E-state index is 0. The van der Waals surface area contributed by atoms with Crippen molar-refractivity contribution in [2.75, 3.05) is 13.3 Å². The maximum absolute atomic E-state index is 4.50. The first kappa shape index (κ1) is 18.3. The number of halogens is 1. The number of hydrazone groups is 2. The third kappa shape index (κ3) is 3.42. The van der Waals surface area contributed by atoms with E-state index in [1.54, 1.807) is 0 Å². The van der Waals surface area contributed by atoms with Gasteiger partial charge in [-0.05, 0) is 23.7 Å². The lowest BCUT2D eigenvalue weighted by atomic mass is 9.94. The molecule has 0 spiro atoms. The Labute approximate surface area is 169 Å². The summed E-state index contributed by atoms with van der Waals surface area (Å²) in [5, 5.41) is 17.3. The number of fused-ring (bicyclic) bond motifs is 2. The van der Waals surface area contributed by atoms with Gasteiger partial charge in [-0.15, -0.1) is 12.4 Å². The normalized spacial score (nSPS) is 29.3. The van der Waals surface area contributed by atoms with E-state index in [0.29, 0.717) is 6.04 Å². The summed E-state index contributed by atoms with van der Waals surface area (Å²) in [7, 11) is 0. The van der Waals surface area contributed by atoms with Gasteiger partial charge in [0.2, 0.25) is 0 Å². The van der Waals surface area contributed by atoms with Crippen LogP contribution in [0.5, 0.6) is 0 Å². The Kier molecular flexibility index (Phi) is 5.58. The Balaban J connectivity index is 0.00000168. The summed E-state index contributed by atoms with van der Waals surface area (Å²) in [5.74, 6) is 0. The van der Waals surface area contributed by atoms with Gasteiger partial charge in [-0.3, -0.25) is 4.90 Å². The largest absolute Gasteiger partial charge is 0.317 e. The van der Waals surface area contributed by atoms with Gasteiger partial charge in [0, 0.05) is 18.4 Å². The average Bonchev–Trinajstić information content (AvgIpc) is 3.39. The smallest absolute Gasteiger partial charge is 0.176 e. The Hall–Kier alpha value is -1.03. The molecule has 1 aliphatic carbocycles. The number of hydrogen-bond acceptors (Lipinski definition) is 9. The van der Waals surface area contributed by atoms with E-state index < -0.39 is 0 Å². The highest BCUT2D eigenvalue weighted by Gasteiger charge is 2.36. The van der Waals surface area contributed by atoms with E-state index in [-0.39, 0.29) is 23.4 Å². The summed E-state index contributed by atoms with van der Waals surface area (Å²) in [6.45, 7) is 1.83. The lowest BCUT2D eigenvalue weighted by Gasteiger charge is -2.40. The van der Waals surface area contributed by atoms with Crippen molar-refractivity contribution < 1.29 is 0 Å². The van der Waals surface area contributed by atoms with E-state index in [0.717, 1.165) is 13.3 Å². The van der Waals surface area contributed by atoms with E-state index in [1.165, 1.54) is 32.1 Å². The third-order valence-electron chi connectivity index (χ3n) is 5.30. The Morgan fingerprint density at radius 3 is 1.92 bits per heavy atom. The summed E-state index contributed by atoms with van der Waals surface area (Å²) in [4.78, 5) is 7.33. The molecule has 26 heavy (non-hydrogen) atoms. The SMILES string of the molecule is C1=CN2N=CN(CN(CN3C=NN4C=CSC34)C3CCCCC3)C2S1.Cl. The third-order valence-corrected chi connectivity index (χ3v) is 7.31. The van der Waals surface area contributed by atoms with E-state index in [1.807, 2.05) is 46.2 Å². The summed E-state index contributed by atoms with van der Waals surface area (Å²) >= 11 is 3.65. The van der Waals surface area contributed by atoms with Crippen LogP contribution >= 0.6 is 35.9 Å². The van der Waals surface area contributed by atoms with Gasteiger partial charge >= 0.3 is 0 Å². The van der Waals surface area contributed by atoms with Crippen LogP contribution in [-0.2, 0) is 0 Å². The molecule has 5 aliphatic rings. The summed E-state index contributed by atoms with van der Waals surface area (Å²) in [6.07, 6.45) is 14.8. The van der Waals surface area contributed by atoms with Crippen molar-refractivity contribution >= 4 is 48.6 Å². The fourth-order valence-corrected chi connectivity index (χ4v) is 5.70. The highest BCUT2D eigenvalue weighted by atomic mass is 35.5. The first-order chi connectivity index (χ1) is 12.4. The minimum Gasteiger partial charge on any atom is -0.317 e. The standard InChI is InChI=1S/C16H23N7S2.ClH/c1-2-4-14(5-3-1)21(12-19-10-17-22-6-8-24-15(19)22)13-20-11-18-23-7-9-25-16(20)23;/h6-11,14-16H,1-5,12-13H2;1H. The van der Waals surface area contributed by atoms with Gasteiger partial charge in [0.1, 0.15) is 12.7 Å². The Morgan fingerprint density at radius 2 is 1.38 bits per heavy atom. The molecule has 0 saturated heterocycles. The maximum Gasteiger partial charge on any atom is 0.176 e. The van der Waals surface area contributed by atoms with Gasteiger partial charge in [-0.25, -0.2) is 10.0 Å².